The third kappa shape index (κ3) is 3.45. The molecule has 1 aliphatic heterocycles. The molecule has 2 aromatic rings. The van der Waals surface area contributed by atoms with Crippen LogP contribution in [-0.2, 0) is 11.3 Å². The number of amides is 1. The molecular formula is C18H22FN3O. The van der Waals surface area contributed by atoms with Gasteiger partial charge >= 0.3 is 0 Å². The Morgan fingerprint density at radius 2 is 2.00 bits per heavy atom. The molecule has 0 radical (unpaired) electrons. The minimum atomic E-state index is -0.246. The minimum Gasteiger partial charge on any atom is -0.353 e. The first-order valence-electron chi connectivity index (χ1n) is 7.98. The van der Waals surface area contributed by atoms with Crippen LogP contribution in [0.2, 0.25) is 0 Å². The minimum absolute atomic E-state index is 0.0205. The van der Waals surface area contributed by atoms with Gasteiger partial charge in [-0.3, -0.25) is 9.69 Å². The molecule has 0 fully saturated rings. The lowest BCUT2D eigenvalue weighted by atomic mass is 10.00. The zero-order chi connectivity index (χ0) is 16.4. The Balaban J connectivity index is 1.89. The highest BCUT2D eigenvalue weighted by Gasteiger charge is 2.30. The smallest absolute Gasteiger partial charge is 0.234 e. The number of carbonyl (C=O) groups excluding carboxylic acids is 1. The number of benzene rings is 1. The molecule has 122 valence electrons. The lowest BCUT2D eigenvalue weighted by Gasteiger charge is -2.37. The Bertz CT molecular complexity index is 678. The zero-order valence-corrected chi connectivity index (χ0v) is 13.5. The van der Waals surface area contributed by atoms with Gasteiger partial charge in [-0.05, 0) is 43.7 Å². The third-order valence-electron chi connectivity index (χ3n) is 4.12. The summed E-state index contributed by atoms with van der Waals surface area (Å²) in [5.74, 6) is -0.226. The number of nitrogens with zero attached hydrogens (tertiary/aromatic N) is 2. The van der Waals surface area contributed by atoms with Gasteiger partial charge in [0.25, 0.3) is 0 Å². The third-order valence-corrected chi connectivity index (χ3v) is 4.12. The summed E-state index contributed by atoms with van der Waals surface area (Å²) in [5, 5.41) is 2.94. The molecular weight excluding hydrogens is 293 g/mol. The second kappa shape index (κ2) is 6.54. The summed E-state index contributed by atoms with van der Waals surface area (Å²) in [5.41, 5.74) is 2.14. The van der Waals surface area contributed by atoms with E-state index >= 15 is 0 Å². The lowest BCUT2D eigenvalue weighted by Crippen LogP contribution is -2.45. The Kier molecular flexibility index (Phi) is 4.48. The monoisotopic (exact) mass is 315 g/mol. The van der Waals surface area contributed by atoms with E-state index in [1.165, 1.54) is 12.1 Å². The van der Waals surface area contributed by atoms with Crippen molar-refractivity contribution in [3.63, 3.8) is 0 Å². The van der Waals surface area contributed by atoms with Crippen molar-refractivity contribution in [3.05, 3.63) is 59.7 Å². The van der Waals surface area contributed by atoms with Crippen LogP contribution in [0.5, 0.6) is 0 Å². The number of carbonyl (C=O) groups is 1. The molecule has 3 rings (SSSR count). The summed E-state index contributed by atoms with van der Waals surface area (Å²) < 4.78 is 15.5. The first-order valence-corrected chi connectivity index (χ1v) is 7.98. The maximum atomic E-state index is 13.3. The van der Waals surface area contributed by atoms with Crippen molar-refractivity contribution in [2.45, 2.75) is 32.5 Å². The topological polar surface area (TPSA) is 37.3 Å². The lowest BCUT2D eigenvalue weighted by molar-refractivity contribution is -0.123. The SMILES string of the molecule is CC(C)NC(=O)CN1CCn2cccc2[C@H]1c1ccc(F)cc1. The van der Waals surface area contributed by atoms with Crippen molar-refractivity contribution in [1.82, 2.24) is 14.8 Å². The summed E-state index contributed by atoms with van der Waals surface area (Å²) in [4.78, 5) is 14.3. The van der Waals surface area contributed by atoms with Crippen LogP contribution < -0.4 is 5.32 Å². The second-order valence-electron chi connectivity index (χ2n) is 6.27. The van der Waals surface area contributed by atoms with E-state index in [4.69, 9.17) is 0 Å². The number of rotatable bonds is 4. The normalized spacial score (nSPS) is 18.0. The van der Waals surface area contributed by atoms with Crippen LogP contribution in [0.25, 0.3) is 0 Å². The van der Waals surface area contributed by atoms with Gasteiger partial charge in [0, 0.05) is 31.0 Å². The van der Waals surface area contributed by atoms with Gasteiger partial charge in [0.15, 0.2) is 0 Å². The molecule has 1 atom stereocenters. The van der Waals surface area contributed by atoms with E-state index in [-0.39, 0.29) is 23.8 Å². The molecule has 1 aromatic heterocycles. The van der Waals surface area contributed by atoms with Gasteiger partial charge < -0.3 is 9.88 Å². The molecule has 0 aliphatic carbocycles. The van der Waals surface area contributed by atoms with Crippen LogP contribution in [0, 0.1) is 5.82 Å². The molecule has 0 saturated heterocycles. The summed E-state index contributed by atoms with van der Waals surface area (Å²) in [7, 11) is 0. The summed E-state index contributed by atoms with van der Waals surface area (Å²) in [6.45, 7) is 5.89. The highest BCUT2D eigenvalue weighted by atomic mass is 19.1. The molecule has 23 heavy (non-hydrogen) atoms. The zero-order valence-electron chi connectivity index (χ0n) is 13.5. The van der Waals surface area contributed by atoms with Crippen molar-refractivity contribution in [3.8, 4) is 0 Å². The molecule has 1 amide bonds. The quantitative estimate of drug-likeness (QED) is 0.941. The largest absolute Gasteiger partial charge is 0.353 e. The van der Waals surface area contributed by atoms with E-state index in [9.17, 15) is 9.18 Å². The van der Waals surface area contributed by atoms with E-state index in [1.54, 1.807) is 12.1 Å². The van der Waals surface area contributed by atoms with Crippen LogP contribution in [0.3, 0.4) is 0 Å². The van der Waals surface area contributed by atoms with Gasteiger partial charge in [0.2, 0.25) is 5.91 Å². The highest BCUT2D eigenvalue weighted by Crippen LogP contribution is 2.32. The number of halogens is 1. The van der Waals surface area contributed by atoms with E-state index in [1.807, 2.05) is 19.9 Å². The van der Waals surface area contributed by atoms with Crippen LogP contribution in [-0.4, -0.2) is 34.5 Å². The molecule has 4 nitrogen and oxygen atoms in total. The first-order chi connectivity index (χ1) is 11.0. The van der Waals surface area contributed by atoms with Crippen LogP contribution in [0.1, 0.15) is 31.1 Å². The highest BCUT2D eigenvalue weighted by molar-refractivity contribution is 5.78. The fraction of sp³-hybridized carbons (Fsp3) is 0.389. The maximum absolute atomic E-state index is 13.3. The molecule has 0 bridgehead atoms. The van der Waals surface area contributed by atoms with Crippen molar-refractivity contribution < 1.29 is 9.18 Å². The molecule has 2 heterocycles. The molecule has 1 aliphatic rings. The number of nitrogens with one attached hydrogen (secondary N) is 1. The van der Waals surface area contributed by atoms with Gasteiger partial charge in [-0.25, -0.2) is 4.39 Å². The van der Waals surface area contributed by atoms with Crippen LogP contribution >= 0.6 is 0 Å². The molecule has 1 aromatic carbocycles. The standard InChI is InChI=1S/C18H22FN3O/c1-13(2)20-17(23)12-22-11-10-21-9-3-4-16(21)18(22)14-5-7-15(19)8-6-14/h3-9,13,18H,10-12H2,1-2H3,(H,20,23)/t18-/m1/s1. The summed E-state index contributed by atoms with van der Waals surface area (Å²) in [6.07, 6.45) is 2.05. The molecule has 1 N–H and O–H groups in total. The predicted octanol–water partition coefficient (Wildman–Crippen LogP) is 2.56. The Hall–Kier alpha value is -2.14. The van der Waals surface area contributed by atoms with Gasteiger partial charge in [0.05, 0.1) is 12.6 Å². The van der Waals surface area contributed by atoms with Crippen molar-refractivity contribution in [1.29, 1.82) is 0 Å². The van der Waals surface area contributed by atoms with Gasteiger partial charge in [-0.1, -0.05) is 12.1 Å². The predicted molar refractivity (Wildman–Crippen MR) is 87.5 cm³/mol. The molecule has 0 spiro atoms. The van der Waals surface area contributed by atoms with Crippen molar-refractivity contribution >= 4 is 5.91 Å². The molecule has 0 saturated carbocycles. The summed E-state index contributed by atoms with van der Waals surface area (Å²) in [6, 6.07) is 10.7. The number of hydrogen-bond acceptors (Lipinski definition) is 2. The Morgan fingerprint density at radius 1 is 1.26 bits per heavy atom. The maximum Gasteiger partial charge on any atom is 0.234 e. The van der Waals surface area contributed by atoms with Gasteiger partial charge in [-0.15, -0.1) is 0 Å². The Morgan fingerprint density at radius 3 is 2.70 bits per heavy atom. The second-order valence-corrected chi connectivity index (χ2v) is 6.27. The summed E-state index contributed by atoms with van der Waals surface area (Å²) >= 11 is 0. The van der Waals surface area contributed by atoms with E-state index in [0.717, 1.165) is 24.3 Å². The number of fused-ring (bicyclic) bond motifs is 1. The number of hydrogen-bond donors (Lipinski definition) is 1. The average molecular weight is 315 g/mol. The van der Waals surface area contributed by atoms with Gasteiger partial charge in [0.1, 0.15) is 5.82 Å². The molecule has 5 heteroatoms. The van der Waals surface area contributed by atoms with E-state index in [0.29, 0.717) is 6.54 Å². The molecule has 0 unspecified atom stereocenters. The van der Waals surface area contributed by atoms with Crippen molar-refractivity contribution in [2.75, 3.05) is 13.1 Å². The fourth-order valence-corrected chi connectivity index (χ4v) is 3.18. The van der Waals surface area contributed by atoms with Crippen LogP contribution in [0.4, 0.5) is 4.39 Å². The fourth-order valence-electron chi connectivity index (χ4n) is 3.18. The number of aromatic nitrogens is 1. The van der Waals surface area contributed by atoms with E-state index < -0.39 is 0 Å². The van der Waals surface area contributed by atoms with Crippen LogP contribution in [0.15, 0.2) is 42.6 Å². The van der Waals surface area contributed by atoms with E-state index in [2.05, 4.69) is 27.0 Å². The average Bonchev–Trinajstić information content (AvgIpc) is 2.96. The first kappa shape index (κ1) is 15.7. The van der Waals surface area contributed by atoms with Gasteiger partial charge in [-0.2, -0.15) is 0 Å². The Labute approximate surface area is 135 Å². The van der Waals surface area contributed by atoms with Crippen molar-refractivity contribution in [2.24, 2.45) is 0 Å².